The van der Waals surface area contributed by atoms with Crippen LogP contribution < -0.4 is 5.32 Å². The highest BCUT2D eigenvalue weighted by Crippen LogP contribution is 2.25. The first-order valence-electron chi connectivity index (χ1n) is 6.58. The van der Waals surface area contributed by atoms with Crippen molar-refractivity contribution in [2.75, 3.05) is 13.1 Å². The third-order valence-electron chi connectivity index (χ3n) is 3.83. The second-order valence-corrected chi connectivity index (χ2v) is 5.48. The molecular weight excluding hydrogens is 246 g/mol. The van der Waals surface area contributed by atoms with Gasteiger partial charge in [-0.15, -0.1) is 0 Å². The number of fused-ring (bicyclic) bond motifs is 1. The van der Waals surface area contributed by atoms with Crippen LogP contribution in [-0.2, 0) is 6.42 Å². The second-order valence-electron chi connectivity index (χ2n) is 5.13. The van der Waals surface area contributed by atoms with Crippen molar-refractivity contribution < 1.29 is 0 Å². The fourth-order valence-electron chi connectivity index (χ4n) is 2.80. The van der Waals surface area contributed by atoms with Crippen LogP contribution in [0.4, 0.5) is 0 Å². The first-order chi connectivity index (χ1) is 8.75. The van der Waals surface area contributed by atoms with Crippen molar-refractivity contribution in [2.24, 2.45) is 5.92 Å². The van der Waals surface area contributed by atoms with E-state index < -0.39 is 0 Å². The molecule has 2 aromatic rings. The molecule has 1 N–H and O–H groups in total. The molecule has 3 rings (SSSR count). The number of piperidine rings is 1. The van der Waals surface area contributed by atoms with Crippen LogP contribution in [0, 0.1) is 12.8 Å². The first kappa shape index (κ1) is 12.0. The average Bonchev–Trinajstić information content (AvgIpc) is 2.69. The van der Waals surface area contributed by atoms with Gasteiger partial charge in [0.1, 0.15) is 5.82 Å². The van der Waals surface area contributed by atoms with E-state index in [4.69, 9.17) is 11.6 Å². The summed E-state index contributed by atoms with van der Waals surface area (Å²) in [6.07, 6.45) is 5.56. The summed E-state index contributed by atoms with van der Waals surface area (Å²) >= 11 is 6.26. The Bertz CT molecular complexity index is 555. The minimum absolute atomic E-state index is 0.636. The summed E-state index contributed by atoms with van der Waals surface area (Å²) in [4.78, 5) is 4.55. The molecule has 1 saturated heterocycles. The molecule has 3 heterocycles. The van der Waals surface area contributed by atoms with Crippen LogP contribution >= 0.6 is 11.6 Å². The highest BCUT2D eigenvalue weighted by atomic mass is 35.5. The van der Waals surface area contributed by atoms with Crippen molar-refractivity contribution in [2.45, 2.75) is 26.2 Å². The van der Waals surface area contributed by atoms with E-state index in [0.717, 1.165) is 36.8 Å². The monoisotopic (exact) mass is 263 g/mol. The highest BCUT2D eigenvalue weighted by molar-refractivity contribution is 6.32. The van der Waals surface area contributed by atoms with Gasteiger partial charge in [0.25, 0.3) is 0 Å². The Morgan fingerprint density at radius 2 is 2.22 bits per heavy atom. The van der Waals surface area contributed by atoms with E-state index in [1.165, 1.54) is 18.4 Å². The fraction of sp³-hybridized carbons (Fsp3) is 0.500. The summed E-state index contributed by atoms with van der Waals surface area (Å²) in [7, 11) is 0. The maximum absolute atomic E-state index is 6.26. The smallest absolute Gasteiger partial charge is 0.155 e. The summed E-state index contributed by atoms with van der Waals surface area (Å²) in [6, 6.07) is 4.14. The van der Waals surface area contributed by atoms with E-state index in [-0.39, 0.29) is 0 Å². The summed E-state index contributed by atoms with van der Waals surface area (Å²) in [5, 5.41) is 4.03. The number of aryl methyl sites for hydroxylation is 1. The number of halogens is 1. The largest absolute Gasteiger partial charge is 0.317 e. The maximum atomic E-state index is 6.26. The van der Waals surface area contributed by atoms with E-state index in [0.29, 0.717) is 5.15 Å². The Hall–Kier alpha value is -1.06. The normalized spacial score (nSPS) is 17.4. The van der Waals surface area contributed by atoms with Crippen molar-refractivity contribution in [3.05, 3.63) is 34.9 Å². The van der Waals surface area contributed by atoms with Gasteiger partial charge in [-0.05, 0) is 50.4 Å². The number of nitrogens with one attached hydrogen (secondary N) is 1. The number of nitrogens with zero attached hydrogens (tertiary/aromatic N) is 2. The van der Waals surface area contributed by atoms with Gasteiger partial charge in [-0.1, -0.05) is 17.7 Å². The van der Waals surface area contributed by atoms with Gasteiger partial charge in [-0.3, -0.25) is 0 Å². The van der Waals surface area contributed by atoms with Crippen LogP contribution in [0.1, 0.15) is 24.2 Å². The lowest BCUT2D eigenvalue weighted by molar-refractivity contribution is 0.367. The van der Waals surface area contributed by atoms with E-state index in [1.807, 2.05) is 0 Å². The minimum atomic E-state index is 0.636. The molecule has 0 radical (unpaired) electrons. The summed E-state index contributed by atoms with van der Waals surface area (Å²) in [5.74, 6) is 1.83. The lowest BCUT2D eigenvalue weighted by atomic mass is 9.94. The number of imidazole rings is 1. The number of aromatic nitrogens is 2. The van der Waals surface area contributed by atoms with Crippen LogP contribution in [0.15, 0.2) is 18.3 Å². The van der Waals surface area contributed by atoms with Gasteiger partial charge in [0.05, 0.1) is 5.52 Å². The summed E-state index contributed by atoms with van der Waals surface area (Å²) < 4.78 is 2.15. The first-order valence-corrected chi connectivity index (χ1v) is 6.96. The fourth-order valence-corrected chi connectivity index (χ4v) is 3.14. The molecule has 0 aromatic carbocycles. The molecule has 96 valence electrons. The van der Waals surface area contributed by atoms with Gasteiger partial charge in [-0.25, -0.2) is 4.98 Å². The number of hydrogen-bond acceptors (Lipinski definition) is 2. The standard InChI is InChI=1S/C14H18ClN3/c1-10-3-2-8-18-12(17-14(15)13(10)18)9-11-4-6-16-7-5-11/h2-3,8,11,16H,4-7,9H2,1H3. The van der Waals surface area contributed by atoms with Gasteiger partial charge in [0.15, 0.2) is 5.15 Å². The minimum Gasteiger partial charge on any atom is -0.317 e. The predicted molar refractivity (Wildman–Crippen MR) is 74.2 cm³/mol. The van der Waals surface area contributed by atoms with Gasteiger partial charge in [-0.2, -0.15) is 0 Å². The van der Waals surface area contributed by atoms with Crippen molar-refractivity contribution in [3.8, 4) is 0 Å². The Balaban J connectivity index is 1.94. The second kappa shape index (κ2) is 4.90. The molecule has 1 aliphatic heterocycles. The Labute approximate surface area is 112 Å². The van der Waals surface area contributed by atoms with Crippen molar-refractivity contribution in [3.63, 3.8) is 0 Å². The van der Waals surface area contributed by atoms with Crippen LogP contribution in [0.3, 0.4) is 0 Å². The van der Waals surface area contributed by atoms with Crippen LogP contribution in [-0.4, -0.2) is 22.5 Å². The van der Waals surface area contributed by atoms with Gasteiger partial charge < -0.3 is 9.72 Å². The molecule has 18 heavy (non-hydrogen) atoms. The van der Waals surface area contributed by atoms with Crippen molar-refractivity contribution in [1.29, 1.82) is 0 Å². The zero-order chi connectivity index (χ0) is 12.5. The van der Waals surface area contributed by atoms with Crippen LogP contribution in [0.2, 0.25) is 5.15 Å². The molecule has 3 nitrogen and oxygen atoms in total. The molecule has 1 fully saturated rings. The van der Waals surface area contributed by atoms with Gasteiger partial charge >= 0.3 is 0 Å². The van der Waals surface area contributed by atoms with E-state index in [1.54, 1.807) is 0 Å². The van der Waals surface area contributed by atoms with Crippen molar-refractivity contribution >= 4 is 17.1 Å². The molecule has 0 bridgehead atoms. The maximum Gasteiger partial charge on any atom is 0.155 e. The Kier molecular flexibility index (Phi) is 3.27. The highest BCUT2D eigenvalue weighted by Gasteiger charge is 2.18. The van der Waals surface area contributed by atoms with Crippen molar-refractivity contribution in [1.82, 2.24) is 14.7 Å². The van der Waals surface area contributed by atoms with Gasteiger partial charge in [0.2, 0.25) is 0 Å². The summed E-state index contributed by atoms with van der Waals surface area (Å²) in [5.41, 5.74) is 2.25. The third-order valence-corrected chi connectivity index (χ3v) is 4.09. The molecule has 0 unspecified atom stereocenters. The van der Waals surface area contributed by atoms with Gasteiger partial charge in [0, 0.05) is 12.6 Å². The van der Waals surface area contributed by atoms with E-state index >= 15 is 0 Å². The molecule has 0 saturated carbocycles. The number of pyridine rings is 1. The lowest BCUT2D eigenvalue weighted by Gasteiger charge is -2.21. The molecular formula is C14H18ClN3. The lowest BCUT2D eigenvalue weighted by Crippen LogP contribution is -2.29. The molecule has 0 spiro atoms. The van der Waals surface area contributed by atoms with Crippen LogP contribution in [0.25, 0.3) is 5.52 Å². The predicted octanol–water partition coefficient (Wildman–Crippen LogP) is 2.84. The zero-order valence-corrected chi connectivity index (χ0v) is 11.4. The average molecular weight is 264 g/mol. The Morgan fingerprint density at radius 1 is 1.44 bits per heavy atom. The molecule has 1 aliphatic rings. The Morgan fingerprint density at radius 3 is 3.00 bits per heavy atom. The summed E-state index contributed by atoms with van der Waals surface area (Å²) in [6.45, 7) is 4.33. The molecule has 0 aliphatic carbocycles. The topological polar surface area (TPSA) is 29.3 Å². The van der Waals surface area contributed by atoms with E-state index in [9.17, 15) is 0 Å². The number of hydrogen-bond donors (Lipinski definition) is 1. The van der Waals surface area contributed by atoms with E-state index in [2.05, 4.69) is 40.0 Å². The molecule has 2 aromatic heterocycles. The SMILES string of the molecule is Cc1cccn2c(CC3CCNCC3)nc(Cl)c12. The number of rotatable bonds is 2. The molecule has 4 heteroatoms. The zero-order valence-electron chi connectivity index (χ0n) is 10.6. The third kappa shape index (κ3) is 2.13. The quantitative estimate of drug-likeness (QED) is 0.903. The molecule has 0 amide bonds. The molecule has 0 atom stereocenters. The van der Waals surface area contributed by atoms with Crippen LogP contribution in [0.5, 0.6) is 0 Å².